The molecule has 0 fully saturated rings. The average Bonchev–Trinajstić information content (AvgIpc) is 2.55. The van der Waals surface area contributed by atoms with E-state index in [9.17, 15) is 22.4 Å². The Morgan fingerprint density at radius 1 is 1.16 bits per heavy atom. The number of ether oxygens (including phenoxy) is 3. The van der Waals surface area contributed by atoms with E-state index in [1.165, 1.54) is 7.11 Å². The van der Waals surface area contributed by atoms with Crippen molar-refractivity contribution < 1.29 is 36.6 Å². The first kappa shape index (κ1) is 18.5. The summed E-state index contributed by atoms with van der Waals surface area (Å²) < 4.78 is 66.9. The summed E-state index contributed by atoms with van der Waals surface area (Å²) in [6.45, 7) is 1.55. The molecule has 25 heavy (non-hydrogen) atoms. The zero-order chi connectivity index (χ0) is 18.6. The van der Waals surface area contributed by atoms with E-state index in [4.69, 9.17) is 14.2 Å². The fourth-order valence-corrected chi connectivity index (χ4v) is 1.88. The minimum atomic E-state index is -4.74. The Morgan fingerprint density at radius 3 is 2.48 bits per heavy atom. The van der Waals surface area contributed by atoms with Gasteiger partial charge < -0.3 is 14.2 Å². The number of carbonyl (C=O) groups excluding carboxylic acids is 1. The third-order valence-corrected chi connectivity index (χ3v) is 3.00. The zero-order valence-electron chi connectivity index (χ0n) is 13.2. The number of rotatable bonds is 5. The van der Waals surface area contributed by atoms with Crippen molar-refractivity contribution in [2.45, 2.75) is 13.1 Å². The molecular weight excluding hydrogens is 346 g/mol. The number of hydrogen-bond acceptors (Lipinski definition) is 5. The minimum absolute atomic E-state index is 0.0131. The first-order chi connectivity index (χ1) is 11.8. The highest BCUT2D eigenvalue weighted by atomic mass is 19.4. The molecule has 1 aromatic carbocycles. The molecule has 0 unspecified atom stereocenters. The SMILES string of the molecule is CCOC(=O)c1cnc(C(F)(F)F)cc1Oc1ccc(F)cc1OC. The Bertz CT molecular complexity index is 777. The lowest BCUT2D eigenvalue weighted by Gasteiger charge is -2.15. The molecule has 0 aliphatic heterocycles. The molecule has 9 heteroatoms. The first-order valence-electron chi connectivity index (χ1n) is 7.02. The maximum Gasteiger partial charge on any atom is 0.433 e. The number of esters is 1. The highest BCUT2D eigenvalue weighted by Crippen LogP contribution is 2.36. The molecule has 1 heterocycles. The van der Waals surface area contributed by atoms with Crippen LogP contribution in [-0.4, -0.2) is 24.7 Å². The predicted molar refractivity (Wildman–Crippen MR) is 78.2 cm³/mol. The van der Waals surface area contributed by atoms with Crippen LogP contribution in [0.3, 0.4) is 0 Å². The molecule has 0 atom stereocenters. The maximum absolute atomic E-state index is 13.2. The van der Waals surface area contributed by atoms with Crippen LogP contribution in [-0.2, 0) is 10.9 Å². The second kappa shape index (κ2) is 7.37. The molecule has 2 aromatic rings. The molecule has 0 aliphatic carbocycles. The van der Waals surface area contributed by atoms with E-state index in [1.807, 2.05) is 0 Å². The van der Waals surface area contributed by atoms with E-state index in [2.05, 4.69) is 4.98 Å². The van der Waals surface area contributed by atoms with Crippen LogP contribution in [0, 0.1) is 5.82 Å². The molecule has 0 bridgehead atoms. The van der Waals surface area contributed by atoms with Crippen LogP contribution in [0.15, 0.2) is 30.5 Å². The van der Waals surface area contributed by atoms with Gasteiger partial charge in [-0.3, -0.25) is 4.98 Å². The Kier molecular flexibility index (Phi) is 5.45. The van der Waals surface area contributed by atoms with E-state index in [0.717, 1.165) is 18.2 Å². The van der Waals surface area contributed by atoms with Gasteiger partial charge in [0.05, 0.1) is 13.7 Å². The number of nitrogens with zero attached hydrogens (tertiary/aromatic N) is 1. The van der Waals surface area contributed by atoms with Crippen LogP contribution in [0.1, 0.15) is 23.0 Å². The van der Waals surface area contributed by atoms with Gasteiger partial charge in [0.25, 0.3) is 0 Å². The van der Waals surface area contributed by atoms with Gasteiger partial charge in [-0.1, -0.05) is 0 Å². The van der Waals surface area contributed by atoms with Gasteiger partial charge in [-0.25, -0.2) is 9.18 Å². The van der Waals surface area contributed by atoms with E-state index in [1.54, 1.807) is 6.92 Å². The number of benzene rings is 1. The molecule has 134 valence electrons. The first-order valence-corrected chi connectivity index (χ1v) is 7.02. The Hall–Kier alpha value is -2.84. The van der Waals surface area contributed by atoms with Crippen LogP contribution < -0.4 is 9.47 Å². The number of aromatic nitrogens is 1. The van der Waals surface area contributed by atoms with E-state index >= 15 is 0 Å². The lowest BCUT2D eigenvalue weighted by atomic mass is 10.2. The van der Waals surface area contributed by atoms with E-state index < -0.39 is 29.4 Å². The van der Waals surface area contributed by atoms with Gasteiger partial charge in [0, 0.05) is 18.3 Å². The molecule has 2 rings (SSSR count). The molecule has 1 aromatic heterocycles. The molecule has 0 saturated carbocycles. The van der Waals surface area contributed by atoms with Gasteiger partial charge in [-0.15, -0.1) is 0 Å². The molecule has 0 aliphatic rings. The summed E-state index contributed by atoms with van der Waals surface area (Å²) in [5.74, 6) is -2.10. The summed E-state index contributed by atoms with van der Waals surface area (Å²) in [5.41, 5.74) is -1.56. The summed E-state index contributed by atoms with van der Waals surface area (Å²) in [6.07, 6.45) is -4.02. The largest absolute Gasteiger partial charge is 0.493 e. The second-order valence-corrected chi connectivity index (χ2v) is 4.68. The lowest BCUT2D eigenvalue weighted by Crippen LogP contribution is -2.12. The number of halogens is 4. The summed E-state index contributed by atoms with van der Waals surface area (Å²) >= 11 is 0. The summed E-state index contributed by atoms with van der Waals surface area (Å²) in [6, 6.07) is 3.75. The fraction of sp³-hybridized carbons (Fsp3) is 0.250. The fourth-order valence-electron chi connectivity index (χ4n) is 1.88. The van der Waals surface area contributed by atoms with Crippen molar-refractivity contribution in [1.29, 1.82) is 0 Å². The van der Waals surface area contributed by atoms with Gasteiger partial charge in [-0.2, -0.15) is 13.2 Å². The predicted octanol–water partition coefficient (Wildman–Crippen LogP) is 4.22. The quantitative estimate of drug-likeness (QED) is 0.591. The van der Waals surface area contributed by atoms with E-state index in [-0.39, 0.29) is 23.7 Å². The smallest absolute Gasteiger partial charge is 0.433 e. The average molecular weight is 359 g/mol. The van der Waals surface area contributed by atoms with Crippen molar-refractivity contribution >= 4 is 5.97 Å². The number of carbonyl (C=O) groups is 1. The van der Waals surface area contributed by atoms with Crippen molar-refractivity contribution in [2.24, 2.45) is 0 Å². The zero-order valence-corrected chi connectivity index (χ0v) is 13.2. The van der Waals surface area contributed by atoms with Gasteiger partial charge >= 0.3 is 12.1 Å². The van der Waals surface area contributed by atoms with Crippen molar-refractivity contribution in [3.8, 4) is 17.2 Å². The van der Waals surface area contributed by atoms with Gasteiger partial charge in [0.15, 0.2) is 11.5 Å². The van der Waals surface area contributed by atoms with Crippen LogP contribution in [0.2, 0.25) is 0 Å². The maximum atomic E-state index is 13.2. The number of pyridine rings is 1. The third kappa shape index (κ3) is 4.37. The standard InChI is InChI=1S/C16H13F4NO4/c1-3-24-15(22)10-8-21-14(16(18,19)20)7-12(10)25-11-5-4-9(17)6-13(11)23-2/h4-8H,3H2,1-2H3. The number of alkyl halides is 3. The Morgan fingerprint density at radius 2 is 1.88 bits per heavy atom. The van der Waals surface area contributed by atoms with Crippen molar-refractivity contribution in [2.75, 3.05) is 13.7 Å². The molecular formula is C16H13F4NO4. The highest BCUT2D eigenvalue weighted by Gasteiger charge is 2.34. The van der Waals surface area contributed by atoms with Crippen molar-refractivity contribution in [1.82, 2.24) is 4.98 Å². The van der Waals surface area contributed by atoms with Crippen LogP contribution in [0.25, 0.3) is 0 Å². The molecule has 0 radical (unpaired) electrons. The summed E-state index contributed by atoms with van der Waals surface area (Å²) in [4.78, 5) is 15.1. The minimum Gasteiger partial charge on any atom is -0.493 e. The Balaban J connectivity index is 2.51. The molecule has 5 nitrogen and oxygen atoms in total. The summed E-state index contributed by atoms with van der Waals surface area (Å²) in [7, 11) is 1.24. The van der Waals surface area contributed by atoms with E-state index in [0.29, 0.717) is 12.3 Å². The van der Waals surface area contributed by atoms with Crippen LogP contribution in [0.4, 0.5) is 17.6 Å². The molecule has 0 N–H and O–H groups in total. The normalized spacial score (nSPS) is 11.1. The topological polar surface area (TPSA) is 57.7 Å². The van der Waals surface area contributed by atoms with Crippen molar-refractivity contribution in [3.63, 3.8) is 0 Å². The number of methoxy groups -OCH3 is 1. The van der Waals surface area contributed by atoms with Crippen molar-refractivity contribution in [3.05, 3.63) is 47.5 Å². The van der Waals surface area contributed by atoms with Gasteiger partial charge in [0.2, 0.25) is 0 Å². The number of hydrogen-bond donors (Lipinski definition) is 0. The second-order valence-electron chi connectivity index (χ2n) is 4.68. The summed E-state index contributed by atoms with van der Waals surface area (Å²) in [5, 5.41) is 0. The molecule has 0 amide bonds. The lowest BCUT2D eigenvalue weighted by molar-refractivity contribution is -0.141. The molecule has 0 spiro atoms. The van der Waals surface area contributed by atoms with Gasteiger partial charge in [0.1, 0.15) is 22.8 Å². The van der Waals surface area contributed by atoms with Crippen LogP contribution in [0.5, 0.6) is 17.2 Å². The Labute approximate surface area is 140 Å². The monoisotopic (exact) mass is 359 g/mol. The molecule has 0 saturated heterocycles. The third-order valence-electron chi connectivity index (χ3n) is 3.00. The van der Waals surface area contributed by atoms with Crippen LogP contribution >= 0.6 is 0 Å². The highest BCUT2D eigenvalue weighted by molar-refractivity contribution is 5.92. The van der Waals surface area contributed by atoms with Gasteiger partial charge in [-0.05, 0) is 19.1 Å².